The molecular formula is C22H25N10+. The van der Waals surface area contributed by atoms with Gasteiger partial charge in [0.25, 0.3) is 0 Å². The maximum atomic E-state index is 9.40. The molecule has 0 bridgehead atoms. The van der Waals surface area contributed by atoms with Gasteiger partial charge in [0.2, 0.25) is 6.20 Å². The van der Waals surface area contributed by atoms with Crippen LogP contribution in [0.15, 0.2) is 35.8 Å². The minimum atomic E-state index is -0.208. The van der Waals surface area contributed by atoms with Crippen LogP contribution < -0.4 is 11.5 Å². The summed E-state index contributed by atoms with van der Waals surface area (Å²) >= 11 is 0. The first kappa shape index (κ1) is 20.1. The Kier molecular flexibility index (Phi) is 4.83. The summed E-state index contributed by atoms with van der Waals surface area (Å²) in [4.78, 5) is 4.86. The van der Waals surface area contributed by atoms with E-state index >= 15 is 0 Å². The average molecular weight is 430 g/mol. The number of fused-ring (bicyclic) bond motifs is 1. The first-order valence-electron chi connectivity index (χ1n) is 10.6. The van der Waals surface area contributed by atoms with Crippen LogP contribution in [0.1, 0.15) is 37.8 Å². The molecule has 1 saturated carbocycles. The summed E-state index contributed by atoms with van der Waals surface area (Å²) in [5, 5.41) is 22.8. The fourth-order valence-electron chi connectivity index (χ4n) is 4.41. The van der Waals surface area contributed by atoms with Crippen LogP contribution in [0, 0.1) is 16.7 Å². The van der Waals surface area contributed by atoms with E-state index in [9.17, 15) is 5.26 Å². The van der Waals surface area contributed by atoms with Gasteiger partial charge in [0, 0.05) is 19.2 Å². The smallest absolute Gasteiger partial charge is 0.213 e. The van der Waals surface area contributed by atoms with Crippen molar-refractivity contribution in [3.8, 4) is 17.5 Å². The molecule has 5 rings (SSSR count). The van der Waals surface area contributed by atoms with Crippen molar-refractivity contribution in [1.82, 2.24) is 24.4 Å². The lowest BCUT2D eigenvalue weighted by Crippen LogP contribution is -2.36. The van der Waals surface area contributed by atoms with Gasteiger partial charge < -0.3 is 11.5 Å². The van der Waals surface area contributed by atoms with E-state index in [4.69, 9.17) is 16.5 Å². The van der Waals surface area contributed by atoms with Crippen LogP contribution >= 0.6 is 0 Å². The fraction of sp³-hybridized carbons (Fsp3) is 0.364. The molecule has 10 heteroatoms. The predicted molar refractivity (Wildman–Crippen MR) is 122 cm³/mol. The molecule has 0 unspecified atom stereocenters. The first-order chi connectivity index (χ1) is 15.5. The van der Waals surface area contributed by atoms with Crippen LogP contribution in [0.5, 0.6) is 0 Å². The third-order valence-electron chi connectivity index (χ3n) is 6.31. The number of hydrazone groups is 1. The Morgan fingerprint density at radius 3 is 2.88 bits per heavy atom. The Bertz CT molecular complexity index is 1290. The van der Waals surface area contributed by atoms with Crippen molar-refractivity contribution in [3.05, 3.63) is 36.4 Å². The summed E-state index contributed by atoms with van der Waals surface area (Å²) < 4.78 is 5.20. The molecule has 0 saturated heterocycles. The van der Waals surface area contributed by atoms with E-state index in [0.29, 0.717) is 23.6 Å². The number of rotatable bonds is 4. The van der Waals surface area contributed by atoms with Crippen LogP contribution in [0.2, 0.25) is 0 Å². The monoisotopic (exact) mass is 429 g/mol. The highest BCUT2D eigenvalue weighted by Gasteiger charge is 2.37. The van der Waals surface area contributed by atoms with Crippen molar-refractivity contribution in [1.29, 1.82) is 5.26 Å². The van der Waals surface area contributed by atoms with Crippen LogP contribution in [0.4, 0.5) is 5.82 Å². The predicted octanol–water partition coefficient (Wildman–Crippen LogP) is 1.94. The molecule has 4 N–H and O–H groups in total. The van der Waals surface area contributed by atoms with Crippen molar-refractivity contribution in [3.63, 3.8) is 0 Å². The van der Waals surface area contributed by atoms with E-state index in [0.717, 1.165) is 42.5 Å². The standard InChI is InChI=1S/C22H25N10/c1-30-20(25)10-17(29-30)18-13-32-19(4-9-26-32)21(28-18)15-11-27-31(12-15)14-22(7-8-23)5-2-16(24)3-6-22/h4,9-14,16H,2-3,5-7,24-25H2,1H3/q+1/b31-14+/t16-,22-. The van der Waals surface area contributed by atoms with Crippen molar-refractivity contribution in [2.45, 2.75) is 38.1 Å². The zero-order valence-electron chi connectivity index (χ0n) is 17.9. The lowest BCUT2D eigenvalue weighted by molar-refractivity contribution is -0.456. The molecule has 0 radical (unpaired) electrons. The van der Waals surface area contributed by atoms with Crippen molar-refractivity contribution in [2.75, 3.05) is 5.73 Å². The minimum absolute atomic E-state index is 0.208. The highest BCUT2D eigenvalue weighted by Crippen LogP contribution is 2.37. The zero-order valence-corrected chi connectivity index (χ0v) is 17.9. The largest absolute Gasteiger partial charge is 0.384 e. The van der Waals surface area contributed by atoms with Gasteiger partial charge in [0.15, 0.2) is 6.21 Å². The van der Waals surface area contributed by atoms with Gasteiger partial charge in [-0.1, -0.05) is 4.68 Å². The highest BCUT2D eigenvalue weighted by molar-refractivity contribution is 6.12. The molecule has 0 amide bonds. The SMILES string of the molecule is Cn1nc(-c2cn3nccc3c(C3=C/[N+](=C\[C@]4(CC#N)CC[C@@H](N)CC4)N=C3)n2)cc1N. The summed E-state index contributed by atoms with van der Waals surface area (Å²) in [6.07, 6.45) is 13.4. The third-order valence-corrected chi connectivity index (χ3v) is 6.31. The Labute approximate surface area is 185 Å². The van der Waals surface area contributed by atoms with Gasteiger partial charge in [-0.25, -0.2) is 9.50 Å². The summed E-state index contributed by atoms with van der Waals surface area (Å²) in [6, 6.07) is 6.27. The molecule has 2 aliphatic rings. The molecule has 1 aliphatic carbocycles. The molecule has 4 heterocycles. The molecule has 0 aromatic carbocycles. The molecule has 3 aromatic rings. The van der Waals surface area contributed by atoms with Gasteiger partial charge >= 0.3 is 0 Å². The van der Waals surface area contributed by atoms with Gasteiger partial charge in [-0.15, -0.1) is 0 Å². The van der Waals surface area contributed by atoms with E-state index < -0.39 is 0 Å². The summed E-state index contributed by atoms with van der Waals surface area (Å²) in [7, 11) is 1.79. The molecule has 3 aromatic heterocycles. The van der Waals surface area contributed by atoms with E-state index in [1.807, 2.05) is 23.1 Å². The fourth-order valence-corrected chi connectivity index (χ4v) is 4.41. The maximum Gasteiger partial charge on any atom is 0.213 e. The normalized spacial score (nSPS) is 24.2. The summed E-state index contributed by atoms with van der Waals surface area (Å²) in [5.74, 6) is 0.557. The average Bonchev–Trinajstić information content (AvgIpc) is 3.51. The second-order valence-electron chi connectivity index (χ2n) is 8.59. The quantitative estimate of drug-likeness (QED) is 0.608. The highest BCUT2D eigenvalue weighted by atomic mass is 15.4. The number of nitrogens with zero attached hydrogens (tertiary/aromatic N) is 8. The first-order valence-corrected chi connectivity index (χ1v) is 10.6. The number of aryl methyl sites for hydroxylation is 1. The Morgan fingerprint density at radius 2 is 2.16 bits per heavy atom. The van der Waals surface area contributed by atoms with Crippen molar-refractivity contribution < 1.29 is 4.68 Å². The van der Waals surface area contributed by atoms with Gasteiger partial charge in [0.05, 0.1) is 41.4 Å². The Hall–Kier alpha value is -3.84. The number of aromatic nitrogens is 5. The lowest BCUT2D eigenvalue weighted by atomic mass is 9.71. The van der Waals surface area contributed by atoms with Crippen LogP contribution in [0.3, 0.4) is 0 Å². The molecular weight excluding hydrogens is 404 g/mol. The molecule has 32 heavy (non-hydrogen) atoms. The molecule has 1 aliphatic heterocycles. The van der Waals surface area contributed by atoms with Crippen LogP contribution in [-0.2, 0) is 7.05 Å². The maximum absolute atomic E-state index is 9.40. The second-order valence-corrected chi connectivity index (χ2v) is 8.59. The van der Waals surface area contributed by atoms with Gasteiger partial charge in [0.1, 0.15) is 29.1 Å². The number of nitrogens with two attached hydrogens (primary N) is 2. The number of hydrogen-bond acceptors (Lipinski definition) is 7. The lowest BCUT2D eigenvalue weighted by Gasteiger charge is -2.32. The Balaban J connectivity index is 1.54. The molecule has 10 nitrogen and oxygen atoms in total. The second kappa shape index (κ2) is 7.69. The number of nitriles is 1. The van der Waals surface area contributed by atoms with Gasteiger partial charge in [-0.2, -0.15) is 15.5 Å². The van der Waals surface area contributed by atoms with E-state index in [-0.39, 0.29) is 11.5 Å². The van der Waals surface area contributed by atoms with Gasteiger partial charge in [-0.05, 0) is 36.9 Å². The summed E-state index contributed by atoms with van der Waals surface area (Å²) in [6.45, 7) is 0. The topological polar surface area (TPSA) is 139 Å². The van der Waals surface area contributed by atoms with E-state index in [2.05, 4.69) is 27.6 Å². The van der Waals surface area contributed by atoms with E-state index in [1.54, 1.807) is 34.7 Å². The number of allylic oxidation sites excluding steroid dienone is 1. The number of hydrogen-bond donors (Lipinski definition) is 2. The van der Waals surface area contributed by atoms with Crippen LogP contribution in [0.25, 0.3) is 22.5 Å². The van der Waals surface area contributed by atoms with Crippen molar-refractivity contribution in [2.24, 2.45) is 23.3 Å². The molecule has 0 spiro atoms. The molecule has 0 atom stereocenters. The third kappa shape index (κ3) is 3.56. The summed E-state index contributed by atoms with van der Waals surface area (Å²) in [5.41, 5.74) is 15.7. The zero-order chi connectivity index (χ0) is 22.3. The Morgan fingerprint density at radius 1 is 1.34 bits per heavy atom. The van der Waals surface area contributed by atoms with Crippen LogP contribution in [-0.4, -0.2) is 47.5 Å². The van der Waals surface area contributed by atoms with E-state index in [1.165, 1.54) is 0 Å². The minimum Gasteiger partial charge on any atom is -0.384 e. The number of nitrogen functional groups attached to an aromatic ring is 1. The van der Waals surface area contributed by atoms with Gasteiger partial charge in [-0.3, -0.25) is 4.68 Å². The molecule has 162 valence electrons. The molecule has 1 fully saturated rings. The van der Waals surface area contributed by atoms with Crippen molar-refractivity contribution >= 4 is 29.3 Å². The number of anilines is 1.